The van der Waals surface area contributed by atoms with Crippen molar-refractivity contribution in [1.82, 2.24) is 15.3 Å². The molecule has 1 aromatic heterocycles. The van der Waals surface area contributed by atoms with Crippen LogP contribution in [0.15, 0.2) is 42.7 Å². The van der Waals surface area contributed by atoms with Gasteiger partial charge in [-0.05, 0) is 43.0 Å². The number of carbonyl (C=O) groups is 1. The summed E-state index contributed by atoms with van der Waals surface area (Å²) < 4.78 is 11.1. The first kappa shape index (κ1) is 18.4. The SMILES string of the molecule is COc1cccc(CC2(C(=O)N[C@@H]3C[C@H]4OCC[C@@H]34)CN(c3ncccn3)C2)c1. The second kappa shape index (κ2) is 7.30. The van der Waals surface area contributed by atoms with Crippen LogP contribution < -0.4 is 15.0 Å². The van der Waals surface area contributed by atoms with Gasteiger partial charge in [-0.1, -0.05) is 12.1 Å². The molecule has 1 aromatic carbocycles. The van der Waals surface area contributed by atoms with E-state index in [1.54, 1.807) is 25.6 Å². The molecule has 1 amide bonds. The summed E-state index contributed by atoms with van der Waals surface area (Å²) in [5.74, 6) is 2.09. The van der Waals surface area contributed by atoms with Crippen LogP contribution in [-0.2, 0) is 16.0 Å². The number of methoxy groups -OCH3 is 1. The summed E-state index contributed by atoms with van der Waals surface area (Å²) in [7, 11) is 1.66. The van der Waals surface area contributed by atoms with Crippen molar-refractivity contribution in [2.75, 3.05) is 31.7 Å². The van der Waals surface area contributed by atoms with E-state index in [1.807, 2.05) is 18.2 Å². The van der Waals surface area contributed by atoms with Crippen molar-refractivity contribution in [1.29, 1.82) is 0 Å². The highest BCUT2D eigenvalue weighted by Crippen LogP contribution is 2.41. The molecule has 152 valence electrons. The summed E-state index contributed by atoms with van der Waals surface area (Å²) in [5, 5.41) is 3.33. The lowest BCUT2D eigenvalue weighted by molar-refractivity contribution is -0.135. The third-order valence-electron chi connectivity index (χ3n) is 6.56. The normalized spacial score (nSPS) is 26.8. The highest BCUT2D eigenvalue weighted by atomic mass is 16.5. The van der Waals surface area contributed by atoms with E-state index < -0.39 is 5.41 Å². The standard InChI is InChI=1S/C22H26N4O3/c1-28-16-5-2-4-15(10-16)12-22(13-26(14-22)21-23-7-3-8-24-21)20(27)25-18-11-19-17(18)6-9-29-19/h2-5,7-8,10,17-19H,6,9,11-14H2,1H3,(H,25,27)/t17-,18+,19+/m0/s1. The van der Waals surface area contributed by atoms with Crippen molar-refractivity contribution >= 4 is 11.9 Å². The van der Waals surface area contributed by atoms with Crippen molar-refractivity contribution < 1.29 is 14.3 Å². The fraction of sp³-hybridized carbons (Fsp3) is 0.500. The van der Waals surface area contributed by atoms with E-state index in [1.165, 1.54) is 0 Å². The number of hydrogen-bond acceptors (Lipinski definition) is 6. The summed E-state index contributed by atoms with van der Waals surface area (Å²) in [6.07, 6.45) is 6.44. The monoisotopic (exact) mass is 394 g/mol. The van der Waals surface area contributed by atoms with Gasteiger partial charge in [-0.25, -0.2) is 9.97 Å². The highest BCUT2D eigenvalue weighted by Gasteiger charge is 2.53. The zero-order chi connectivity index (χ0) is 19.8. The van der Waals surface area contributed by atoms with Gasteiger partial charge in [-0.2, -0.15) is 0 Å². The Balaban J connectivity index is 1.34. The highest BCUT2D eigenvalue weighted by molar-refractivity contribution is 5.86. The van der Waals surface area contributed by atoms with Gasteiger partial charge in [0, 0.05) is 44.0 Å². The van der Waals surface area contributed by atoms with Crippen LogP contribution in [0.2, 0.25) is 0 Å². The number of carbonyl (C=O) groups excluding carboxylic acids is 1. The molecule has 3 aliphatic rings. The van der Waals surface area contributed by atoms with Crippen molar-refractivity contribution in [3.05, 3.63) is 48.3 Å². The van der Waals surface area contributed by atoms with Gasteiger partial charge in [0.15, 0.2) is 0 Å². The van der Waals surface area contributed by atoms with Crippen molar-refractivity contribution in [3.63, 3.8) is 0 Å². The predicted octanol–water partition coefficient (Wildman–Crippen LogP) is 1.83. The number of fused-ring (bicyclic) bond motifs is 1. The van der Waals surface area contributed by atoms with Crippen LogP contribution in [0, 0.1) is 11.3 Å². The number of amides is 1. The van der Waals surface area contributed by atoms with Gasteiger partial charge in [-0.15, -0.1) is 0 Å². The van der Waals surface area contributed by atoms with E-state index >= 15 is 0 Å². The van der Waals surface area contributed by atoms with Crippen LogP contribution >= 0.6 is 0 Å². The number of hydrogen-bond donors (Lipinski definition) is 1. The Morgan fingerprint density at radius 3 is 2.90 bits per heavy atom. The number of benzene rings is 1. The molecule has 5 rings (SSSR count). The van der Waals surface area contributed by atoms with E-state index in [2.05, 4.69) is 26.3 Å². The van der Waals surface area contributed by atoms with Gasteiger partial charge in [0.1, 0.15) is 5.75 Å². The Morgan fingerprint density at radius 1 is 1.31 bits per heavy atom. The largest absolute Gasteiger partial charge is 0.497 e. The van der Waals surface area contributed by atoms with Crippen LogP contribution in [0.25, 0.3) is 0 Å². The molecule has 1 aliphatic carbocycles. The molecule has 3 fully saturated rings. The van der Waals surface area contributed by atoms with Crippen LogP contribution in [-0.4, -0.2) is 54.8 Å². The molecule has 1 N–H and O–H groups in total. The molecule has 29 heavy (non-hydrogen) atoms. The molecule has 7 nitrogen and oxygen atoms in total. The minimum absolute atomic E-state index is 0.128. The summed E-state index contributed by atoms with van der Waals surface area (Å²) in [6, 6.07) is 10.0. The third-order valence-corrected chi connectivity index (χ3v) is 6.56. The van der Waals surface area contributed by atoms with Gasteiger partial charge in [0.2, 0.25) is 11.9 Å². The van der Waals surface area contributed by atoms with Gasteiger partial charge in [0.25, 0.3) is 0 Å². The quantitative estimate of drug-likeness (QED) is 0.806. The summed E-state index contributed by atoms with van der Waals surface area (Å²) in [5.41, 5.74) is 0.611. The van der Waals surface area contributed by atoms with Gasteiger partial charge in [0.05, 0.1) is 18.6 Å². The maximum Gasteiger partial charge on any atom is 0.230 e. The Hall–Kier alpha value is -2.67. The van der Waals surface area contributed by atoms with E-state index in [0.29, 0.717) is 37.5 Å². The Kier molecular flexibility index (Phi) is 4.62. The maximum absolute atomic E-state index is 13.4. The molecule has 2 aliphatic heterocycles. The fourth-order valence-electron chi connectivity index (χ4n) is 4.87. The molecule has 3 atom stereocenters. The maximum atomic E-state index is 13.4. The molecule has 0 spiro atoms. The lowest BCUT2D eigenvalue weighted by atomic mass is 9.71. The van der Waals surface area contributed by atoms with Crippen LogP contribution in [0.3, 0.4) is 0 Å². The third kappa shape index (κ3) is 3.33. The van der Waals surface area contributed by atoms with Gasteiger partial charge < -0.3 is 19.7 Å². The zero-order valence-electron chi connectivity index (χ0n) is 16.6. The van der Waals surface area contributed by atoms with Crippen molar-refractivity contribution in [3.8, 4) is 5.75 Å². The predicted molar refractivity (Wildman–Crippen MR) is 108 cm³/mol. The van der Waals surface area contributed by atoms with E-state index in [0.717, 1.165) is 30.8 Å². The molecular formula is C22H26N4O3. The molecule has 7 heteroatoms. The molecule has 3 heterocycles. The number of anilines is 1. The number of nitrogens with zero attached hydrogens (tertiary/aromatic N) is 3. The molecule has 0 bridgehead atoms. The second-order valence-corrected chi connectivity index (χ2v) is 8.39. The van der Waals surface area contributed by atoms with Crippen LogP contribution in [0.1, 0.15) is 18.4 Å². The lowest BCUT2D eigenvalue weighted by Gasteiger charge is -2.50. The first-order chi connectivity index (χ1) is 14.2. The van der Waals surface area contributed by atoms with Gasteiger partial charge >= 0.3 is 0 Å². The molecule has 1 saturated carbocycles. The minimum atomic E-state index is -0.490. The fourth-order valence-corrected chi connectivity index (χ4v) is 4.87. The number of nitrogens with one attached hydrogen (secondary N) is 1. The van der Waals surface area contributed by atoms with E-state index in [9.17, 15) is 4.79 Å². The van der Waals surface area contributed by atoms with Crippen LogP contribution in [0.4, 0.5) is 5.95 Å². The minimum Gasteiger partial charge on any atom is -0.497 e. The van der Waals surface area contributed by atoms with Crippen LogP contribution in [0.5, 0.6) is 5.75 Å². The van der Waals surface area contributed by atoms with E-state index in [4.69, 9.17) is 9.47 Å². The molecule has 2 saturated heterocycles. The molecule has 2 aromatic rings. The first-order valence-electron chi connectivity index (χ1n) is 10.2. The number of rotatable bonds is 6. The molecule has 0 radical (unpaired) electrons. The topological polar surface area (TPSA) is 76.6 Å². The van der Waals surface area contributed by atoms with Gasteiger partial charge in [-0.3, -0.25) is 4.79 Å². The Morgan fingerprint density at radius 2 is 2.14 bits per heavy atom. The lowest BCUT2D eigenvalue weighted by Crippen LogP contribution is -2.67. The second-order valence-electron chi connectivity index (χ2n) is 8.39. The first-order valence-corrected chi connectivity index (χ1v) is 10.2. The average Bonchev–Trinajstić information content (AvgIpc) is 3.10. The van der Waals surface area contributed by atoms with E-state index in [-0.39, 0.29) is 11.9 Å². The summed E-state index contributed by atoms with van der Waals surface area (Å²) in [4.78, 5) is 24.2. The summed E-state index contributed by atoms with van der Waals surface area (Å²) in [6.45, 7) is 2.03. The molecule has 0 unspecified atom stereocenters. The average molecular weight is 394 g/mol. The Labute approximate surface area is 170 Å². The number of aromatic nitrogens is 2. The number of ether oxygens (including phenoxy) is 2. The van der Waals surface area contributed by atoms with Crippen molar-refractivity contribution in [2.24, 2.45) is 11.3 Å². The summed E-state index contributed by atoms with van der Waals surface area (Å²) >= 11 is 0. The Bertz CT molecular complexity index is 885. The zero-order valence-corrected chi connectivity index (χ0v) is 16.6. The smallest absolute Gasteiger partial charge is 0.230 e. The van der Waals surface area contributed by atoms with Crippen molar-refractivity contribution in [2.45, 2.75) is 31.4 Å². The molecular weight excluding hydrogens is 368 g/mol.